The molecule has 1 aliphatic rings. The van der Waals surface area contributed by atoms with E-state index in [1.54, 1.807) is 0 Å². The average molecular weight is 397 g/mol. The molecule has 0 radical (unpaired) electrons. The summed E-state index contributed by atoms with van der Waals surface area (Å²) in [5.74, 6) is 15.0. The van der Waals surface area contributed by atoms with E-state index in [9.17, 15) is 0 Å². The van der Waals surface area contributed by atoms with Gasteiger partial charge in [-0.05, 0) is 86.4 Å². The molecule has 0 bridgehead atoms. The Balaban J connectivity index is 1.50. The fourth-order valence-electron chi connectivity index (χ4n) is 4.19. The largest absolute Gasteiger partial charge is 0.0945 e. The van der Waals surface area contributed by atoms with E-state index in [4.69, 9.17) is 0 Å². The first-order valence-corrected chi connectivity index (χ1v) is 12.0. The normalized spacial score (nSPS) is 18.1. The van der Waals surface area contributed by atoms with Gasteiger partial charge in [-0.25, -0.2) is 0 Å². The van der Waals surface area contributed by atoms with Crippen LogP contribution in [0.4, 0.5) is 0 Å². The van der Waals surface area contributed by atoms with E-state index in [2.05, 4.69) is 86.1 Å². The van der Waals surface area contributed by atoms with Gasteiger partial charge in [0.1, 0.15) is 0 Å². The van der Waals surface area contributed by atoms with E-state index < -0.39 is 0 Å². The van der Waals surface area contributed by atoms with Crippen molar-refractivity contribution in [3.63, 3.8) is 0 Å². The molecule has 0 amide bonds. The molecule has 0 heterocycles. The first-order valence-electron chi connectivity index (χ1n) is 12.0. The maximum Gasteiger partial charge on any atom is 0.0249 e. The summed E-state index contributed by atoms with van der Waals surface area (Å²) in [7, 11) is 0. The first kappa shape index (κ1) is 22.2. The van der Waals surface area contributed by atoms with E-state index >= 15 is 0 Å². The van der Waals surface area contributed by atoms with Crippen LogP contribution < -0.4 is 0 Å². The molecule has 0 spiro atoms. The van der Waals surface area contributed by atoms with Crippen molar-refractivity contribution >= 4 is 0 Å². The Morgan fingerprint density at radius 1 is 0.667 bits per heavy atom. The second-order valence-corrected chi connectivity index (χ2v) is 8.76. The highest BCUT2D eigenvalue weighted by Gasteiger charge is 2.19. The minimum Gasteiger partial charge on any atom is -0.0945 e. The highest BCUT2D eigenvalue weighted by atomic mass is 14.2. The van der Waals surface area contributed by atoms with Gasteiger partial charge >= 0.3 is 0 Å². The SMILES string of the molecule is CCCCc1ccc(C#Cc2ccc(C#CC3CCC(CCCC)CC3)cc2)cc1. The standard InChI is InChI=1S/C30H36/c1-3-5-7-25-9-13-27(14-10-25)17-19-29-21-23-30(24-22-29)20-18-28-15-11-26(12-16-28)8-6-4-2/h9-10,13-14,21-24,26,28H,3-8,11-12,15-16H2,1-2H3. The quantitative estimate of drug-likeness (QED) is 0.437. The molecule has 30 heavy (non-hydrogen) atoms. The minimum atomic E-state index is 0.586. The van der Waals surface area contributed by atoms with Crippen LogP contribution in [0.2, 0.25) is 0 Å². The third-order valence-electron chi connectivity index (χ3n) is 6.24. The molecule has 3 rings (SSSR count). The number of rotatable bonds is 6. The Morgan fingerprint density at radius 2 is 1.20 bits per heavy atom. The van der Waals surface area contributed by atoms with Crippen molar-refractivity contribution in [3.05, 3.63) is 70.8 Å². The van der Waals surface area contributed by atoms with Crippen molar-refractivity contribution in [1.82, 2.24) is 0 Å². The molecule has 0 unspecified atom stereocenters. The summed E-state index contributed by atoms with van der Waals surface area (Å²) in [6.45, 7) is 4.52. The molecule has 0 atom stereocenters. The maximum atomic E-state index is 3.53. The Morgan fingerprint density at radius 3 is 1.77 bits per heavy atom. The van der Waals surface area contributed by atoms with Crippen molar-refractivity contribution < 1.29 is 0 Å². The lowest BCUT2D eigenvalue weighted by molar-refractivity contribution is 0.296. The third-order valence-corrected chi connectivity index (χ3v) is 6.24. The fraction of sp³-hybridized carbons (Fsp3) is 0.467. The van der Waals surface area contributed by atoms with Crippen LogP contribution in [0.1, 0.15) is 93.9 Å². The van der Waals surface area contributed by atoms with Crippen molar-refractivity contribution in [2.75, 3.05) is 0 Å². The molecule has 2 aromatic rings. The summed E-state index contributed by atoms with van der Waals surface area (Å²) < 4.78 is 0. The third kappa shape index (κ3) is 7.43. The molecular formula is C30H36. The fourth-order valence-corrected chi connectivity index (χ4v) is 4.19. The summed E-state index contributed by atoms with van der Waals surface area (Å²) in [6, 6.07) is 17.1. The lowest BCUT2D eigenvalue weighted by atomic mass is 9.80. The summed E-state index contributed by atoms with van der Waals surface area (Å²) in [5, 5.41) is 0. The van der Waals surface area contributed by atoms with Gasteiger partial charge in [-0.2, -0.15) is 0 Å². The topological polar surface area (TPSA) is 0 Å². The predicted octanol–water partition coefficient (Wildman–Crippen LogP) is 7.78. The van der Waals surface area contributed by atoms with Gasteiger partial charge in [-0.3, -0.25) is 0 Å². The van der Waals surface area contributed by atoms with Crippen LogP contribution in [-0.2, 0) is 6.42 Å². The van der Waals surface area contributed by atoms with Gasteiger partial charge in [0, 0.05) is 22.6 Å². The van der Waals surface area contributed by atoms with Crippen molar-refractivity contribution in [1.29, 1.82) is 0 Å². The van der Waals surface area contributed by atoms with E-state index in [-0.39, 0.29) is 0 Å². The molecule has 156 valence electrons. The highest BCUT2D eigenvalue weighted by molar-refractivity contribution is 5.46. The molecule has 0 saturated heterocycles. The summed E-state index contributed by atoms with van der Waals surface area (Å²) in [5.41, 5.74) is 4.63. The van der Waals surface area contributed by atoms with Crippen molar-refractivity contribution in [2.24, 2.45) is 11.8 Å². The molecule has 1 aliphatic carbocycles. The van der Waals surface area contributed by atoms with Crippen LogP contribution in [0.5, 0.6) is 0 Å². The summed E-state index contributed by atoms with van der Waals surface area (Å²) in [6.07, 6.45) is 13.1. The zero-order chi connectivity index (χ0) is 21.0. The van der Waals surface area contributed by atoms with Gasteiger partial charge in [0.15, 0.2) is 0 Å². The van der Waals surface area contributed by atoms with Gasteiger partial charge in [-0.1, -0.05) is 75.3 Å². The molecule has 1 saturated carbocycles. The molecule has 0 aromatic heterocycles. The van der Waals surface area contributed by atoms with Crippen LogP contribution >= 0.6 is 0 Å². The number of hydrogen-bond donors (Lipinski definition) is 0. The maximum absolute atomic E-state index is 3.53. The number of aryl methyl sites for hydroxylation is 1. The molecule has 0 aliphatic heterocycles. The molecular weight excluding hydrogens is 360 g/mol. The summed E-state index contributed by atoms with van der Waals surface area (Å²) in [4.78, 5) is 0. The minimum absolute atomic E-state index is 0.586. The molecule has 1 fully saturated rings. The Labute approximate surface area is 184 Å². The molecule has 2 aromatic carbocycles. The Kier molecular flexibility index (Phi) is 9.12. The second kappa shape index (κ2) is 12.3. The van der Waals surface area contributed by atoms with Crippen LogP contribution in [-0.4, -0.2) is 0 Å². The van der Waals surface area contributed by atoms with Crippen molar-refractivity contribution in [2.45, 2.75) is 78.1 Å². The van der Waals surface area contributed by atoms with Crippen molar-refractivity contribution in [3.8, 4) is 23.7 Å². The van der Waals surface area contributed by atoms with Gasteiger partial charge in [0.2, 0.25) is 0 Å². The van der Waals surface area contributed by atoms with Crippen LogP contribution in [0.3, 0.4) is 0 Å². The molecule has 0 heteroatoms. The Hall–Kier alpha value is -2.44. The number of benzene rings is 2. The second-order valence-electron chi connectivity index (χ2n) is 8.76. The smallest absolute Gasteiger partial charge is 0.0249 e. The average Bonchev–Trinajstić information content (AvgIpc) is 2.80. The van der Waals surface area contributed by atoms with Gasteiger partial charge < -0.3 is 0 Å². The monoisotopic (exact) mass is 396 g/mol. The number of hydrogen-bond acceptors (Lipinski definition) is 0. The highest BCUT2D eigenvalue weighted by Crippen LogP contribution is 2.31. The predicted molar refractivity (Wildman–Crippen MR) is 129 cm³/mol. The van der Waals surface area contributed by atoms with E-state index in [1.807, 2.05) is 0 Å². The van der Waals surface area contributed by atoms with E-state index in [1.165, 1.54) is 63.4 Å². The van der Waals surface area contributed by atoms with Gasteiger partial charge in [0.25, 0.3) is 0 Å². The van der Waals surface area contributed by atoms with Crippen LogP contribution in [0.25, 0.3) is 0 Å². The van der Waals surface area contributed by atoms with Crippen LogP contribution in [0.15, 0.2) is 48.5 Å². The van der Waals surface area contributed by atoms with Gasteiger partial charge in [-0.15, -0.1) is 0 Å². The lowest BCUT2D eigenvalue weighted by Gasteiger charge is -2.25. The summed E-state index contributed by atoms with van der Waals surface area (Å²) >= 11 is 0. The van der Waals surface area contributed by atoms with Gasteiger partial charge in [0.05, 0.1) is 0 Å². The first-order chi connectivity index (χ1) is 14.8. The lowest BCUT2D eigenvalue weighted by Crippen LogP contribution is -2.13. The molecule has 0 N–H and O–H groups in total. The Bertz CT molecular complexity index is 870. The zero-order valence-electron chi connectivity index (χ0n) is 18.8. The number of unbranched alkanes of at least 4 members (excludes halogenated alkanes) is 2. The van der Waals surface area contributed by atoms with E-state index in [0.29, 0.717) is 5.92 Å². The van der Waals surface area contributed by atoms with Crippen LogP contribution in [0, 0.1) is 35.5 Å². The molecule has 0 nitrogen and oxygen atoms in total. The van der Waals surface area contributed by atoms with E-state index in [0.717, 1.165) is 29.0 Å². The zero-order valence-corrected chi connectivity index (χ0v) is 18.8.